The molecule has 1 aliphatic carbocycles. The molecule has 0 heterocycles. The van der Waals surface area contributed by atoms with Crippen molar-refractivity contribution in [3.05, 3.63) is 23.3 Å². The average molecular weight is 225 g/mol. The summed E-state index contributed by atoms with van der Waals surface area (Å²) >= 11 is 0. The SMILES string of the molecule is C/C=C\C1=C(C)[C@H](OC(C)ON)[C@H](CC)C1. The molecule has 92 valence electrons. The van der Waals surface area contributed by atoms with E-state index in [0.29, 0.717) is 5.92 Å². The highest BCUT2D eigenvalue weighted by atomic mass is 16.8. The first-order valence-electron chi connectivity index (χ1n) is 5.97. The topological polar surface area (TPSA) is 44.5 Å². The Morgan fingerprint density at radius 3 is 2.75 bits per heavy atom. The zero-order valence-corrected chi connectivity index (χ0v) is 10.7. The maximum absolute atomic E-state index is 5.81. The Bertz CT molecular complexity index is 284. The van der Waals surface area contributed by atoms with E-state index < -0.39 is 0 Å². The lowest BCUT2D eigenvalue weighted by Crippen LogP contribution is -2.28. The van der Waals surface area contributed by atoms with Gasteiger partial charge in [-0.15, -0.1) is 0 Å². The number of rotatable bonds is 5. The molecule has 0 spiro atoms. The van der Waals surface area contributed by atoms with Crippen LogP contribution in [0.25, 0.3) is 0 Å². The van der Waals surface area contributed by atoms with Crippen molar-refractivity contribution >= 4 is 0 Å². The van der Waals surface area contributed by atoms with E-state index in [2.05, 4.69) is 30.8 Å². The Morgan fingerprint density at radius 1 is 1.56 bits per heavy atom. The second-order valence-corrected chi connectivity index (χ2v) is 4.34. The van der Waals surface area contributed by atoms with E-state index in [4.69, 9.17) is 10.6 Å². The highest BCUT2D eigenvalue weighted by molar-refractivity contribution is 5.33. The first kappa shape index (κ1) is 13.4. The van der Waals surface area contributed by atoms with Crippen LogP contribution in [-0.4, -0.2) is 12.4 Å². The van der Waals surface area contributed by atoms with Gasteiger partial charge in [0, 0.05) is 0 Å². The molecule has 0 amide bonds. The first-order chi connectivity index (χ1) is 7.63. The Kier molecular flexibility index (Phi) is 5.19. The second kappa shape index (κ2) is 6.18. The summed E-state index contributed by atoms with van der Waals surface area (Å²) in [7, 11) is 0. The molecule has 0 fully saturated rings. The molecule has 0 radical (unpaired) electrons. The van der Waals surface area contributed by atoms with E-state index in [1.54, 1.807) is 0 Å². The predicted octanol–water partition coefficient (Wildman–Crippen LogP) is 2.93. The van der Waals surface area contributed by atoms with Crippen molar-refractivity contribution in [2.75, 3.05) is 0 Å². The van der Waals surface area contributed by atoms with Crippen LogP contribution in [0.2, 0.25) is 0 Å². The van der Waals surface area contributed by atoms with Crippen LogP contribution in [0.15, 0.2) is 23.3 Å². The lowest BCUT2D eigenvalue weighted by molar-refractivity contribution is -0.162. The largest absolute Gasteiger partial charge is 0.343 e. The van der Waals surface area contributed by atoms with Gasteiger partial charge in [-0.05, 0) is 44.3 Å². The Balaban J connectivity index is 2.78. The van der Waals surface area contributed by atoms with E-state index >= 15 is 0 Å². The summed E-state index contributed by atoms with van der Waals surface area (Å²) in [6.45, 7) is 8.20. The van der Waals surface area contributed by atoms with E-state index in [-0.39, 0.29) is 12.4 Å². The van der Waals surface area contributed by atoms with E-state index in [0.717, 1.165) is 12.8 Å². The molecule has 16 heavy (non-hydrogen) atoms. The smallest absolute Gasteiger partial charge is 0.174 e. The van der Waals surface area contributed by atoms with Crippen LogP contribution >= 0.6 is 0 Å². The summed E-state index contributed by atoms with van der Waals surface area (Å²) in [5, 5.41) is 0. The van der Waals surface area contributed by atoms with Gasteiger partial charge in [0.15, 0.2) is 6.29 Å². The van der Waals surface area contributed by atoms with E-state index in [1.165, 1.54) is 11.1 Å². The molecule has 1 rings (SSSR count). The van der Waals surface area contributed by atoms with Gasteiger partial charge in [0.1, 0.15) is 0 Å². The number of nitrogens with two attached hydrogens (primary N) is 1. The number of ether oxygens (including phenoxy) is 1. The zero-order valence-electron chi connectivity index (χ0n) is 10.7. The minimum absolute atomic E-state index is 0.148. The third kappa shape index (κ3) is 2.94. The predicted molar refractivity (Wildman–Crippen MR) is 65.5 cm³/mol. The summed E-state index contributed by atoms with van der Waals surface area (Å²) < 4.78 is 5.81. The Labute approximate surface area is 98.3 Å². The number of hydrogen-bond acceptors (Lipinski definition) is 3. The van der Waals surface area contributed by atoms with Crippen molar-refractivity contribution in [3.8, 4) is 0 Å². The quantitative estimate of drug-likeness (QED) is 0.578. The molecule has 0 aromatic rings. The van der Waals surface area contributed by atoms with E-state index in [1.807, 2.05) is 13.8 Å². The van der Waals surface area contributed by atoms with Crippen molar-refractivity contribution in [2.45, 2.75) is 52.9 Å². The maximum atomic E-state index is 5.81. The second-order valence-electron chi connectivity index (χ2n) is 4.34. The van der Waals surface area contributed by atoms with Crippen molar-refractivity contribution in [1.29, 1.82) is 0 Å². The normalized spacial score (nSPS) is 28.1. The van der Waals surface area contributed by atoms with Gasteiger partial charge in [-0.3, -0.25) is 4.84 Å². The first-order valence-corrected chi connectivity index (χ1v) is 5.97. The van der Waals surface area contributed by atoms with E-state index in [9.17, 15) is 0 Å². The molecule has 0 aromatic carbocycles. The molecule has 3 nitrogen and oxygen atoms in total. The fourth-order valence-corrected chi connectivity index (χ4v) is 2.30. The number of allylic oxidation sites excluding steroid dienone is 3. The summed E-state index contributed by atoms with van der Waals surface area (Å²) in [6, 6.07) is 0. The molecule has 3 atom stereocenters. The molecule has 0 saturated carbocycles. The highest BCUT2D eigenvalue weighted by Gasteiger charge is 2.32. The zero-order chi connectivity index (χ0) is 12.1. The fourth-order valence-electron chi connectivity index (χ4n) is 2.30. The van der Waals surface area contributed by atoms with Crippen LogP contribution in [0.4, 0.5) is 0 Å². The molecule has 0 aromatic heterocycles. The molecule has 2 N–H and O–H groups in total. The van der Waals surface area contributed by atoms with Gasteiger partial charge in [-0.25, -0.2) is 5.90 Å². The fraction of sp³-hybridized carbons (Fsp3) is 0.692. The lowest BCUT2D eigenvalue weighted by atomic mass is 9.99. The van der Waals surface area contributed by atoms with Gasteiger partial charge >= 0.3 is 0 Å². The van der Waals surface area contributed by atoms with Crippen molar-refractivity contribution in [2.24, 2.45) is 11.8 Å². The van der Waals surface area contributed by atoms with Crippen molar-refractivity contribution in [3.63, 3.8) is 0 Å². The van der Waals surface area contributed by atoms with Gasteiger partial charge in [-0.1, -0.05) is 25.5 Å². The summed E-state index contributed by atoms with van der Waals surface area (Å²) in [5.74, 6) is 5.67. The van der Waals surface area contributed by atoms with Crippen LogP contribution in [0.3, 0.4) is 0 Å². The minimum atomic E-state index is -0.348. The maximum Gasteiger partial charge on any atom is 0.174 e. The molecule has 0 aliphatic heterocycles. The van der Waals surface area contributed by atoms with Gasteiger partial charge < -0.3 is 4.74 Å². The summed E-state index contributed by atoms with van der Waals surface area (Å²) in [6.07, 6.45) is 6.26. The Morgan fingerprint density at radius 2 is 2.25 bits per heavy atom. The Hall–Kier alpha value is -0.640. The molecule has 0 saturated heterocycles. The summed E-state index contributed by atoms with van der Waals surface area (Å²) in [4.78, 5) is 4.69. The van der Waals surface area contributed by atoms with Gasteiger partial charge in [0.2, 0.25) is 0 Å². The van der Waals surface area contributed by atoms with Gasteiger partial charge in [0.05, 0.1) is 6.10 Å². The van der Waals surface area contributed by atoms with Crippen LogP contribution in [0.1, 0.15) is 40.5 Å². The standard InChI is InChI=1S/C13H23NO2/c1-5-7-12-8-11(6-2)13(9(12)3)15-10(4)16-14/h5,7,10-11,13H,6,8,14H2,1-4H3/b7-5-/t10?,11-,13+/m1/s1. The van der Waals surface area contributed by atoms with Crippen LogP contribution in [-0.2, 0) is 9.57 Å². The molecular weight excluding hydrogens is 202 g/mol. The third-order valence-corrected chi connectivity index (χ3v) is 3.27. The highest BCUT2D eigenvalue weighted by Crippen LogP contribution is 2.37. The molecule has 1 unspecified atom stereocenters. The van der Waals surface area contributed by atoms with Crippen molar-refractivity contribution < 1.29 is 9.57 Å². The van der Waals surface area contributed by atoms with Crippen LogP contribution in [0.5, 0.6) is 0 Å². The number of hydrogen-bond donors (Lipinski definition) is 1. The molecule has 3 heteroatoms. The minimum Gasteiger partial charge on any atom is -0.343 e. The van der Waals surface area contributed by atoms with Gasteiger partial charge in [-0.2, -0.15) is 0 Å². The summed E-state index contributed by atoms with van der Waals surface area (Å²) in [5.41, 5.74) is 2.71. The van der Waals surface area contributed by atoms with Gasteiger partial charge in [0.25, 0.3) is 0 Å². The monoisotopic (exact) mass is 225 g/mol. The molecular formula is C13H23NO2. The lowest BCUT2D eigenvalue weighted by Gasteiger charge is -2.23. The molecule has 0 bridgehead atoms. The average Bonchev–Trinajstić information content (AvgIpc) is 2.57. The third-order valence-electron chi connectivity index (χ3n) is 3.27. The molecule has 1 aliphatic rings. The van der Waals surface area contributed by atoms with Crippen molar-refractivity contribution in [1.82, 2.24) is 0 Å². The van der Waals surface area contributed by atoms with Crippen LogP contribution in [0, 0.1) is 5.92 Å². The van der Waals surface area contributed by atoms with Crippen LogP contribution < -0.4 is 5.90 Å².